The molecule has 3 aromatic rings. The van der Waals surface area contributed by atoms with Gasteiger partial charge in [0, 0.05) is 25.2 Å². The summed E-state index contributed by atoms with van der Waals surface area (Å²) in [5.74, 6) is 2.23. The zero-order valence-electron chi connectivity index (χ0n) is 17.9. The van der Waals surface area contributed by atoms with Crippen LogP contribution in [0.3, 0.4) is 0 Å². The Hall–Kier alpha value is -3.48. The molecule has 0 radical (unpaired) electrons. The summed E-state index contributed by atoms with van der Waals surface area (Å²) >= 11 is 0. The predicted octanol–water partition coefficient (Wildman–Crippen LogP) is 3.88. The van der Waals surface area contributed by atoms with Gasteiger partial charge in [-0.15, -0.1) is 0 Å². The summed E-state index contributed by atoms with van der Waals surface area (Å²) in [6.45, 7) is 4.07. The van der Waals surface area contributed by atoms with E-state index in [-0.39, 0.29) is 11.9 Å². The van der Waals surface area contributed by atoms with Crippen LogP contribution >= 0.6 is 0 Å². The number of aromatic nitrogens is 2. The van der Waals surface area contributed by atoms with Gasteiger partial charge in [-0.25, -0.2) is 0 Å². The standard InChI is InChI=1S/C24H28N4O3/c1-3-31-22-9-5-4-8-20(22)24(29)25-18-7-6-14-28(16-18)23-15-21(26-27-23)17-10-12-19(30-2)13-11-17/h4-5,8-13,15,18H,3,6-7,14,16H2,1-2H3,(H,25,29)(H,26,27). The zero-order valence-corrected chi connectivity index (χ0v) is 17.9. The molecule has 1 amide bonds. The van der Waals surface area contributed by atoms with Crippen molar-refractivity contribution in [1.29, 1.82) is 0 Å². The number of rotatable bonds is 7. The molecule has 31 heavy (non-hydrogen) atoms. The first-order valence-electron chi connectivity index (χ1n) is 10.7. The van der Waals surface area contributed by atoms with Crippen LogP contribution < -0.4 is 19.7 Å². The van der Waals surface area contributed by atoms with Crippen LogP contribution in [-0.4, -0.2) is 49.0 Å². The highest BCUT2D eigenvalue weighted by atomic mass is 16.5. The van der Waals surface area contributed by atoms with E-state index in [2.05, 4.69) is 26.5 Å². The topological polar surface area (TPSA) is 79.5 Å². The Morgan fingerprint density at radius 3 is 2.81 bits per heavy atom. The van der Waals surface area contributed by atoms with Crippen molar-refractivity contribution >= 4 is 11.7 Å². The van der Waals surface area contributed by atoms with Gasteiger partial charge in [0.15, 0.2) is 5.82 Å². The van der Waals surface area contributed by atoms with E-state index in [0.29, 0.717) is 17.9 Å². The van der Waals surface area contributed by atoms with Gasteiger partial charge < -0.3 is 19.7 Å². The molecule has 1 fully saturated rings. The molecular formula is C24H28N4O3. The number of carbonyl (C=O) groups is 1. The molecule has 1 saturated heterocycles. The normalized spacial score (nSPS) is 16.1. The molecule has 1 aliphatic rings. The Morgan fingerprint density at radius 1 is 1.23 bits per heavy atom. The van der Waals surface area contributed by atoms with Crippen molar-refractivity contribution in [2.24, 2.45) is 0 Å². The van der Waals surface area contributed by atoms with Crippen molar-refractivity contribution in [3.05, 3.63) is 60.2 Å². The van der Waals surface area contributed by atoms with Crippen LogP contribution in [0.5, 0.6) is 11.5 Å². The molecule has 2 N–H and O–H groups in total. The van der Waals surface area contributed by atoms with Crippen LogP contribution in [0.15, 0.2) is 54.6 Å². The van der Waals surface area contributed by atoms with Gasteiger partial charge in [0.25, 0.3) is 5.91 Å². The fraction of sp³-hybridized carbons (Fsp3) is 0.333. The lowest BCUT2D eigenvalue weighted by Crippen LogP contribution is -2.48. The van der Waals surface area contributed by atoms with Gasteiger partial charge in [-0.1, -0.05) is 12.1 Å². The third-order valence-corrected chi connectivity index (χ3v) is 5.48. The van der Waals surface area contributed by atoms with E-state index in [1.165, 1.54) is 0 Å². The summed E-state index contributed by atoms with van der Waals surface area (Å²) in [5, 5.41) is 10.8. The number of H-pyrrole nitrogens is 1. The Balaban J connectivity index is 1.42. The summed E-state index contributed by atoms with van der Waals surface area (Å²) in [5.41, 5.74) is 2.58. The summed E-state index contributed by atoms with van der Waals surface area (Å²) in [6, 6.07) is 17.3. The summed E-state index contributed by atoms with van der Waals surface area (Å²) in [7, 11) is 1.66. The number of anilines is 1. The highest BCUT2D eigenvalue weighted by Gasteiger charge is 2.24. The number of ether oxygens (including phenoxy) is 2. The molecule has 2 heterocycles. The maximum atomic E-state index is 12.9. The number of benzene rings is 2. The number of methoxy groups -OCH3 is 1. The lowest BCUT2D eigenvalue weighted by molar-refractivity contribution is 0.0929. The maximum absolute atomic E-state index is 12.9. The largest absolute Gasteiger partial charge is 0.497 e. The number of aromatic amines is 1. The van der Waals surface area contributed by atoms with Crippen molar-refractivity contribution in [3.8, 4) is 22.8 Å². The van der Waals surface area contributed by atoms with Crippen LogP contribution in [0.2, 0.25) is 0 Å². The molecule has 1 aliphatic heterocycles. The SMILES string of the molecule is CCOc1ccccc1C(=O)NC1CCCN(c2cc(-c3ccc(OC)cc3)[nH]n2)C1. The van der Waals surface area contributed by atoms with Crippen LogP contribution in [-0.2, 0) is 0 Å². The van der Waals surface area contributed by atoms with E-state index in [1.54, 1.807) is 13.2 Å². The number of amides is 1. The van der Waals surface area contributed by atoms with E-state index in [1.807, 2.05) is 49.4 Å². The monoisotopic (exact) mass is 420 g/mol. The average molecular weight is 421 g/mol. The lowest BCUT2D eigenvalue weighted by atomic mass is 10.0. The first-order valence-corrected chi connectivity index (χ1v) is 10.7. The summed E-state index contributed by atoms with van der Waals surface area (Å²) in [6.07, 6.45) is 1.93. The Labute approximate surface area is 182 Å². The van der Waals surface area contributed by atoms with Crippen molar-refractivity contribution in [2.45, 2.75) is 25.8 Å². The molecule has 1 unspecified atom stereocenters. The highest BCUT2D eigenvalue weighted by molar-refractivity contribution is 5.97. The molecule has 2 aromatic carbocycles. The molecule has 4 rings (SSSR count). The number of nitrogens with one attached hydrogen (secondary N) is 2. The van der Waals surface area contributed by atoms with E-state index in [9.17, 15) is 4.79 Å². The van der Waals surface area contributed by atoms with Crippen LogP contribution in [0, 0.1) is 0 Å². The van der Waals surface area contributed by atoms with Crippen LogP contribution in [0.4, 0.5) is 5.82 Å². The minimum atomic E-state index is -0.100. The Kier molecular flexibility index (Phi) is 6.40. The third kappa shape index (κ3) is 4.82. The number of carbonyl (C=O) groups excluding carboxylic acids is 1. The third-order valence-electron chi connectivity index (χ3n) is 5.48. The number of para-hydroxylation sites is 1. The average Bonchev–Trinajstić information content (AvgIpc) is 3.30. The molecule has 7 nitrogen and oxygen atoms in total. The molecule has 162 valence electrons. The van der Waals surface area contributed by atoms with E-state index in [4.69, 9.17) is 9.47 Å². The lowest BCUT2D eigenvalue weighted by Gasteiger charge is -2.33. The van der Waals surface area contributed by atoms with Gasteiger partial charge in [0.2, 0.25) is 0 Å². The number of hydrogen-bond acceptors (Lipinski definition) is 5. The van der Waals surface area contributed by atoms with Crippen LogP contribution in [0.25, 0.3) is 11.3 Å². The first-order chi connectivity index (χ1) is 15.2. The molecule has 0 bridgehead atoms. The van der Waals surface area contributed by atoms with Crippen molar-refractivity contribution in [3.63, 3.8) is 0 Å². The summed E-state index contributed by atoms with van der Waals surface area (Å²) < 4.78 is 10.8. The van der Waals surface area contributed by atoms with Gasteiger partial charge >= 0.3 is 0 Å². The molecule has 0 saturated carbocycles. The molecule has 1 atom stereocenters. The summed E-state index contributed by atoms with van der Waals surface area (Å²) in [4.78, 5) is 15.1. The van der Waals surface area contributed by atoms with E-state index < -0.39 is 0 Å². The second kappa shape index (κ2) is 9.55. The molecule has 0 spiro atoms. The highest BCUT2D eigenvalue weighted by Crippen LogP contribution is 2.26. The van der Waals surface area contributed by atoms with Crippen molar-refractivity contribution in [1.82, 2.24) is 15.5 Å². The second-order valence-electron chi connectivity index (χ2n) is 7.56. The Bertz CT molecular complexity index is 1020. The molecule has 0 aliphatic carbocycles. The van der Waals surface area contributed by atoms with Crippen molar-refractivity contribution < 1.29 is 14.3 Å². The second-order valence-corrected chi connectivity index (χ2v) is 7.56. The number of hydrogen-bond donors (Lipinski definition) is 2. The Morgan fingerprint density at radius 2 is 2.03 bits per heavy atom. The minimum absolute atomic E-state index is 0.0528. The van der Waals surface area contributed by atoms with Gasteiger partial charge in [0.05, 0.1) is 25.0 Å². The fourth-order valence-corrected chi connectivity index (χ4v) is 3.89. The van der Waals surface area contributed by atoms with Gasteiger partial charge in [-0.3, -0.25) is 9.89 Å². The quantitative estimate of drug-likeness (QED) is 0.606. The first kappa shape index (κ1) is 20.8. The van der Waals surface area contributed by atoms with Gasteiger partial charge in [0.1, 0.15) is 11.5 Å². The van der Waals surface area contributed by atoms with Crippen LogP contribution in [0.1, 0.15) is 30.1 Å². The molecule has 7 heteroatoms. The smallest absolute Gasteiger partial charge is 0.255 e. The zero-order chi connectivity index (χ0) is 21.6. The predicted molar refractivity (Wildman–Crippen MR) is 121 cm³/mol. The number of piperidine rings is 1. The van der Waals surface area contributed by atoms with E-state index in [0.717, 1.165) is 48.8 Å². The molecular weight excluding hydrogens is 392 g/mol. The van der Waals surface area contributed by atoms with E-state index >= 15 is 0 Å². The van der Waals surface area contributed by atoms with Crippen molar-refractivity contribution in [2.75, 3.05) is 31.7 Å². The fourth-order valence-electron chi connectivity index (χ4n) is 3.89. The molecule has 1 aromatic heterocycles. The number of nitrogens with zero attached hydrogens (tertiary/aromatic N) is 2. The maximum Gasteiger partial charge on any atom is 0.255 e. The van der Waals surface area contributed by atoms with Gasteiger partial charge in [-0.2, -0.15) is 5.10 Å². The minimum Gasteiger partial charge on any atom is -0.497 e. The van der Waals surface area contributed by atoms with Gasteiger partial charge in [-0.05, 0) is 61.7 Å².